The minimum atomic E-state index is -1.22. The molecule has 0 saturated carbocycles. The highest BCUT2D eigenvalue weighted by molar-refractivity contribution is 14.1. The predicted molar refractivity (Wildman–Crippen MR) is 142 cm³/mol. The lowest BCUT2D eigenvalue weighted by atomic mass is 9.68. The van der Waals surface area contributed by atoms with Crippen LogP contribution in [-0.2, 0) is 21.4 Å². The van der Waals surface area contributed by atoms with Gasteiger partial charge in [0, 0.05) is 9.99 Å². The number of amides is 1. The number of benzene rings is 4. The Morgan fingerprint density at radius 2 is 1.12 bits per heavy atom. The largest absolute Gasteiger partial charge is 0.480 e. The van der Waals surface area contributed by atoms with E-state index in [1.807, 2.05) is 115 Å². The van der Waals surface area contributed by atoms with E-state index < -0.39 is 17.4 Å². The molecule has 0 spiro atoms. The normalized spacial score (nSPS) is 12.0. The average molecular weight is 561 g/mol. The number of carbonyl (C=O) groups excluding carboxylic acids is 1. The van der Waals surface area contributed by atoms with Crippen LogP contribution in [0.2, 0.25) is 0 Å². The first-order chi connectivity index (χ1) is 16.5. The van der Waals surface area contributed by atoms with Crippen LogP contribution < -0.4 is 5.32 Å². The fourth-order valence-electron chi connectivity index (χ4n) is 4.31. The van der Waals surface area contributed by atoms with Crippen molar-refractivity contribution in [3.8, 4) is 0 Å². The molecule has 0 fully saturated rings. The molecule has 2 N–H and O–H groups in total. The molecule has 0 saturated heterocycles. The van der Waals surface area contributed by atoms with E-state index >= 15 is 0 Å². The van der Waals surface area contributed by atoms with Crippen molar-refractivity contribution in [1.82, 2.24) is 5.32 Å². The summed E-state index contributed by atoms with van der Waals surface area (Å²) in [7, 11) is 0. The summed E-state index contributed by atoms with van der Waals surface area (Å²) >= 11 is 2.19. The Labute approximate surface area is 212 Å². The van der Waals surface area contributed by atoms with Crippen LogP contribution in [0.15, 0.2) is 115 Å². The highest BCUT2D eigenvalue weighted by Crippen LogP contribution is 2.39. The van der Waals surface area contributed by atoms with E-state index in [0.29, 0.717) is 0 Å². The van der Waals surface area contributed by atoms with Crippen molar-refractivity contribution >= 4 is 34.5 Å². The van der Waals surface area contributed by atoms with E-state index in [9.17, 15) is 14.7 Å². The van der Waals surface area contributed by atoms with Gasteiger partial charge in [0.05, 0.1) is 0 Å². The summed E-state index contributed by atoms with van der Waals surface area (Å²) in [6, 6.07) is 35.1. The van der Waals surface area contributed by atoms with Crippen LogP contribution >= 0.6 is 22.6 Å². The Balaban J connectivity index is 1.85. The minimum Gasteiger partial charge on any atom is -0.480 e. The van der Waals surface area contributed by atoms with E-state index in [2.05, 4.69) is 27.9 Å². The second-order valence-electron chi connectivity index (χ2n) is 8.01. The summed E-state index contributed by atoms with van der Waals surface area (Å²) in [4.78, 5) is 26.6. The maximum atomic E-state index is 14.3. The number of carboxylic acid groups (broad SMARTS) is 1. The summed E-state index contributed by atoms with van der Waals surface area (Å²) in [5, 5.41) is 12.9. The lowest BCUT2D eigenvalue weighted by molar-refractivity contribution is -0.142. The number of halogens is 1. The lowest BCUT2D eigenvalue weighted by Gasteiger charge is -2.35. The van der Waals surface area contributed by atoms with E-state index in [-0.39, 0.29) is 12.3 Å². The first kappa shape index (κ1) is 23.7. The van der Waals surface area contributed by atoms with Crippen molar-refractivity contribution in [3.05, 3.63) is 141 Å². The molecular formula is C29H24INO3. The quantitative estimate of drug-likeness (QED) is 0.223. The third kappa shape index (κ3) is 4.75. The number of carboxylic acids is 1. The zero-order valence-electron chi connectivity index (χ0n) is 18.4. The monoisotopic (exact) mass is 561 g/mol. The number of rotatable bonds is 8. The van der Waals surface area contributed by atoms with Gasteiger partial charge in [-0.05, 0) is 50.9 Å². The fourth-order valence-corrected chi connectivity index (χ4v) is 4.92. The molecule has 0 aromatic heterocycles. The number of nitrogens with one attached hydrogen (secondary N) is 1. The van der Waals surface area contributed by atoms with Crippen LogP contribution in [0.25, 0.3) is 0 Å². The van der Waals surface area contributed by atoms with Crippen LogP contribution in [0.3, 0.4) is 0 Å². The summed E-state index contributed by atoms with van der Waals surface area (Å²) in [6.45, 7) is 0. The van der Waals surface area contributed by atoms with Crippen molar-refractivity contribution < 1.29 is 14.7 Å². The van der Waals surface area contributed by atoms with Crippen LogP contribution in [0.1, 0.15) is 22.3 Å². The molecule has 0 radical (unpaired) electrons. The zero-order chi connectivity index (χ0) is 24.0. The summed E-state index contributed by atoms with van der Waals surface area (Å²) in [6.07, 6.45) is 0.189. The minimum absolute atomic E-state index is 0.189. The summed E-state index contributed by atoms with van der Waals surface area (Å²) < 4.78 is 0.959. The maximum absolute atomic E-state index is 14.3. The molecule has 4 aromatic rings. The first-order valence-corrected chi connectivity index (χ1v) is 12.0. The molecule has 1 amide bonds. The number of hydrogen-bond donors (Lipinski definition) is 2. The Bertz CT molecular complexity index is 1160. The first-order valence-electron chi connectivity index (χ1n) is 11.0. The SMILES string of the molecule is O=C(O)[C@H](Cc1ccccc1I)NC(=O)C(c1ccccc1)(c1ccccc1)c1ccccc1. The molecule has 0 aliphatic heterocycles. The van der Waals surface area contributed by atoms with Gasteiger partial charge in [0.2, 0.25) is 5.91 Å². The van der Waals surface area contributed by atoms with Gasteiger partial charge in [-0.25, -0.2) is 4.79 Å². The Morgan fingerprint density at radius 3 is 1.53 bits per heavy atom. The van der Waals surface area contributed by atoms with Crippen molar-refractivity contribution in [2.24, 2.45) is 0 Å². The van der Waals surface area contributed by atoms with Crippen LogP contribution in [0.5, 0.6) is 0 Å². The van der Waals surface area contributed by atoms with E-state index in [1.54, 1.807) is 0 Å². The summed E-state index contributed by atoms with van der Waals surface area (Å²) in [5.74, 6) is -1.45. The van der Waals surface area contributed by atoms with Crippen molar-refractivity contribution in [2.75, 3.05) is 0 Å². The van der Waals surface area contributed by atoms with Crippen LogP contribution in [-0.4, -0.2) is 23.0 Å². The van der Waals surface area contributed by atoms with Crippen molar-refractivity contribution in [3.63, 3.8) is 0 Å². The Morgan fingerprint density at radius 1 is 0.706 bits per heavy atom. The standard InChI is InChI=1S/C29H24INO3/c30-25-19-11-10-12-21(25)20-26(27(32)33)31-28(34)29(22-13-4-1-5-14-22,23-15-6-2-7-16-23)24-17-8-3-9-18-24/h1-19,26H,20H2,(H,31,34)(H,32,33)/t26-/m0/s1. The van der Waals surface area contributed by atoms with Crippen molar-refractivity contribution in [1.29, 1.82) is 0 Å². The van der Waals surface area contributed by atoms with Gasteiger partial charge >= 0.3 is 5.97 Å². The maximum Gasteiger partial charge on any atom is 0.326 e. The molecule has 1 atom stereocenters. The summed E-state index contributed by atoms with van der Waals surface area (Å²) in [5.41, 5.74) is 1.96. The molecule has 170 valence electrons. The fraction of sp³-hybridized carbons (Fsp3) is 0.103. The Kier molecular flexibility index (Phi) is 7.43. The third-order valence-corrected chi connectivity index (χ3v) is 7.00. The van der Waals surface area contributed by atoms with Gasteiger partial charge in [0.15, 0.2) is 0 Å². The molecule has 0 unspecified atom stereocenters. The molecule has 4 aromatic carbocycles. The molecule has 0 aliphatic carbocycles. The van der Waals surface area contributed by atoms with Gasteiger partial charge in [-0.2, -0.15) is 0 Å². The van der Waals surface area contributed by atoms with Gasteiger partial charge in [-0.15, -0.1) is 0 Å². The second kappa shape index (κ2) is 10.7. The highest BCUT2D eigenvalue weighted by atomic mass is 127. The average Bonchev–Trinajstić information content (AvgIpc) is 2.87. The molecule has 4 nitrogen and oxygen atoms in total. The topological polar surface area (TPSA) is 66.4 Å². The highest BCUT2D eigenvalue weighted by Gasteiger charge is 2.45. The molecular weight excluding hydrogens is 537 g/mol. The van der Waals surface area contributed by atoms with Gasteiger partial charge in [0.1, 0.15) is 11.5 Å². The van der Waals surface area contributed by atoms with E-state index in [0.717, 1.165) is 25.8 Å². The Hall–Kier alpha value is -3.45. The molecule has 0 bridgehead atoms. The molecule has 4 rings (SSSR count). The van der Waals surface area contributed by atoms with Crippen LogP contribution in [0.4, 0.5) is 0 Å². The van der Waals surface area contributed by atoms with E-state index in [1.165, 1.54) is 0 Å². The lowest BCUT2D eigenvalue weighted by Crippen LogP contribution is -2.52. The third-order valence-electron chi connectivity index (χ3n) is 5.95. The molecule has 0 aliphatic rings. The number of aliphatic carboxylic acids is 1. The van der Waals surface area contributed by atoms with Gasteiger partial charge in [-0.3, -0.25) is 4.79 Å². The number of hydrogen-bond acceptors (Lipinski definition) is 2. The smallest absolute Gasteiger partial charge is 0.326 e. The molecule has 34 heavy (non-hydrogen) atoms. The molecule has 0 heterocycles. The zero-order valence-corrected chi connectivity index (χ0v) is 20.6. The molecule has 5 heteroatoms. The predicted octanol–water partition coefficient (Wildman–Crippen LogP) is 5.44. The van der Waals surface area contributed by atoms with E-state index in [4.69, 9.17) is 0 Å². The number of carbonyl (C=O) groups is 2. The second-order valence-corrected chi connectivity index (χ2v) is 9.17. The van der Waals surface area contributed by atoms with Crippen molar-refractivity contribution in [2.45, 2.75) is 17.9 Å². The van der Waals surface area contributed by atoms with Gasteiger partial charge in [-0.1, -0.05) is 109 Å². The van der Waals surface area contributed by atoms with Crippen LogP contribution in [0, 0.1) is 3.57 Å². The van der Waals surface area contributed by atoms with Gasteiger partial charge in [0.25, 0.3) is 0 Å². The van der Waals surface area contributed by atoms with Gasteiger partial charge < -0.3 is 10.4 Å².